The minimum atomic E-state index is -0.174. The van der Waals surface area contributed by atoms with E-state index in [2.05, 4.69) is 30.9 Å². The second-order valence-electron chi connectivity index (χ2n) is 12.7. The van der Waals surface area contributed by atoms with Gasteiger partial charge in [0, 0.05) is 53.9 Å². The quantitative estimate of drug-likeness (QED) is 0.192. The van der Waals surface area contributed by atoms with Crippen LogP contribution in [-0.4, -0.2) is 18.8 Å². The van der Waals surface area contributed by atoms with E-state index in [0.717, 1.165) is 93.7 Å². The van der Waals surface area contributed by atoms with Crippen LogP contribution in [0.4, 0.5) is 0 Å². The van der Waals surface area contributed by atoms with Crippen LogP contribution in [0.25, 0.3) is 116 Å². The molecule has 4 heterocycles. The van der Waals surface area contributed by atoms with Crippen LogP contribution in [0.5, 0.6) is 0 Å². The number of pyridine rings is 2. The van der Waals surface area contributed by atoms with E-state index >= 15 is 0 Å². The predicted octanol–water partition coefficient (Wildman–Crippen LogP) is 4.52. The van der Waals surface area contributed by atoms with Crippen molar-refractivity contribution in [2.24, 2.45) is 0 Å². The van der Waals surface area contributed by atoms with Gasteiger partial charge in [-0.1, -0.05) is 36.9 Å². The zero-order valence-electron chi connectivity index (χ0n) is 24.1. The number of rotatable bonds is 0. The van der Waals surface area contributed by atoms with E-state index < -0.39 is 0 Å². The third kappa shape index (κ3) is 2.28. The average molecular weight is 591 g/mol. The Bertz CT molecular complexity index is 3620. The molecule has 12 rings (SSSR count). The molecule has 0 bridgehead atoms. The van der Waals surface area contributed by atoms with E-state index in [9.17, 15) is 14.4 Å². The van der Waals surface area contributed by atoms with Crippen molar-refractivity contribution in [3.8, 4) is 0 Å². The molecule has 7 nitrogen and oxygen atoms in total. The summed E-state index contributed by atoms with van der Waals surface area (Å²) in [6.45, 7) is 4.61. The normalized spacial score (nSPS) is 14.2. The molecule has 0 spiro atoms. The first kappa shape index (κ1) is 23.2. The minimum absolute atomic E-state index is 0.156. The molecule has 212 valence electrons. The van der Waals surface area contributed by atoms with E-state index in [0.29, 0.717) is 32.8 Å². The van der Waals surface area contributed by atoms with E-state index in [1.165, 1.54) is 0 Å². The monoisotopic (exact) mass is 590 g/mol. The lowest BCUT2D eigenvalue weighted by Crippen LogP contribution is -2.34. The van der Waals surface area contributed by atoms with Crippen molar-refractivity contribution in [3.63, 3.8) is 0 Å². The number of fused-ring (bicyclic) bond motifs is 8. The maximum atomic E-state index is 14.6. The Morgan fingerprint density at radius 2 is 1.22 bits per heavy atom. The highest BCUT2D eigenvalue weighted by Gasteiger charge is 2.27. The fourth-order valence-electron chi connectivity index (χ4n) is 8.78. The summed E-state index contributed by atoms with van der Waals surface area (Å²) >= 11 is 0. The Balaban J connectivity index is 1.44. The summed E-state index contributed by atoms with van der Waals surface area (Å²) in [5, 5.41) is 12.8. The lowest BCUT2D eigenvalue weighted by Gasteiger charge is -2.20. The molecule has 0 aliphatic heterocycles. The van der Waals surface area contributed by atoms with Gasteiger partial charge in [0.1, 0.15) is 11.3 Å². The van der Waals surface area contributed by atoms with Gasteiger partial charge in [-0.05, 0) is 82.1 Å². The van der Waals surface area contributed by atoms with Crippen LogP contribution in [0.1, 0.15) is 12.8 Å². The summed E-state index contributed by atoms with van der Waals surface area (Å²) in [5.74, 6) is 0. The zero-order valence-corrected chi connectivity index (χ0v) is 24.1. The first-order chi connectivity index (χ1) is 22.5. The van der Waals surface area contributed by atoms with Crippen molar-refractivity contribution in [2.45, 2.75) is 12.8 Å². The first-order valence-electron chi connectivity index (χ1n) is 15.4. The lowest BCUT2D eigenvalue weighted by molar-refractivity contribution is 1.04. The molecule has 1 aliphatic rings. The second kappa shape index (κ2) is 7.19. The fraction of sp³-hybridized carbons (Fsp3) is 0.0513. The Hall–Kier alpha value is -6.21. The highest BCUT2D eigenvalue weighted by Crippen LogP contribution is 2.45. The summed E-state index contributed by atoms with van der Waals surface area (Å²) in [5.41, 5.74) is 2.18. The zero-order chi connectivity index (χ0) is 30.3. The van der Waals surface area contributed by atoms with Gasteiger partial charge in [-0.2, -0.15) is 0 Å². The molecule has 0 amide bonds. The van der Waals surface area contributed by atoms with Gasteiger partial charge in [0.25, 0.3) is 11.1 Å². The summed E-state index contributed by atoms with van der Waals surface area (Å²) in [6.07, 6.45) is 5.89. The standard InChI is InChI=1S/C39H18N4O3/c1-16-17-10-12-19-29-24(39(46)42-27-8-4-2-6-25(27)40-36(19)42)15-22-34(31(17)29)33-21(16)14-23-30-20(13-11-18(32(30)33)35(22)44)38(45)43-28-9-5-3-7-26(28)41-37(23)43/h3,5-15H,1-2,4H2. The molecule has 0 saturated heterocycles. The summed E-state index contributed by atoms with van der Waals surface area (Å²) < 4.78 is 3.40. The van der Waals surface area contributed by atoms with Crippen molar-refractivity contribution in [2.75, 3.05) is 0 Å². The third-order valence-corrected chi connectivity index (χ3v) is 10.6. The summed E-state index contributed by atoms with van der Waals surface area (Å²) in [4.78, 5) is 52.9. The summed E-state index contributed by atoms with van der Waals surface area (Å²) in [7, 11) is 0. The molecule has 0 atom stereocenters. The number of hydrogen-bond donors (Lipinski definition) is 0. The number of imidazole rings is 2. The van der Waals surface area contributed by atoms with Crippen LogP contribution in [0.2, 0.25) is 0 Å². The van der Waals surface area contributed by atoms with E-state index in [1.54, 1.807) is 27.0 Å². The molecular weight excluding hydrogens is 572 g/mol. The van der Waals surface area contributed by atoms with Gasteiger partial charge in [-0.25, -0.2) is 9.97 Å². The molecule has 0 fully saturated rings. The van der Waals surface area contributed by atoms with Crippen LogP contribution in [-0.2, 0) is 0 Å². The van der Waals surface area contributed by atoms with Crippen LogP contribution in [0.3, 0.4) is 0 Å². The minimum Gasteiger partial charge on any atom is -0.289 e. The van der Waals surface area contributed by atoms with Crippen molar-refractivity contribution in [1.29, 1.82) is 0 Å². The van der Waals surface area contributed by atoms with Gasteiger partial charge in [0.05, 0.1) is 21.7 Å². The third-order valence-electron chi connectivity index (χ3n) is 10.6. The van der Waals surface area contributed by atoms with Gasteiger partial charge in [0.15, 0.2) is 5.43 Å². The lowest BCUT2D eigenvalue weighted by atomic mass is 9.82. The van der Waals surface area contributed by atoms with Crippen LogP contribution >= 0.6 is 0 Å². The molecule has 46 heavy (non-hydrogen) atoms. The number of nitrogens with zero attached hydrogens (tertiary/aromatic N) is 4. The molecular formula is C39H18N4O3. The number of para-hydroxylation sites is 2. The molecule has 0 N–H and O–H groups in total. The van der Waals surface area contributed by atoms with Gasteiger partial charge < -0.3 is 0 Å². The Morgan fingerprint density at radius 3 is 2.13 bits per heavy atom. The Morgan fingerprint density at radius 1 is 0.565 bits per heavy atom. The fourth-order valence-corrected chi connectivity index (χ4v) is 8.78. The molecule has 1 aliphatic carbocycles. The highest BCUT2D eigenvalue weighted by molar-refractivity contribution is 6.43. The Labute approximate surface area is 255 Å². The van der Waals surface area contributed by atoms with Gasteiger partial charge in [-0.3, -0.25) is 23.2 Å². The highest BCUT2D eigenvalue weighted by atomic mass is 16.1. The van der Waals surface area contributed by atoms with E-state index in [-0.39, 0.29) is 16.5 Å². The molecule has 7 heteroatoms. The molecule has 0 saturated carbocycles. The number of hydrogen-bond acceptors (Lipinski definition) is 5. The maximum absolute atomic E-state index is 14.6. The smallest absolute Gasteiger partial charge is 0.264 e. The maximum Gasteiger partial charge on any atom is 0.264 e. The SMILES string of the molecule is C=c1c2ccc3c4c(cc5c(=O)c6ccc7c(=O)n8c9ccccc9nc8c8cc1c(c6c78)c5c24)c(=O)n1c2c(nc31)=CCCC=2. The number of benzene rings is 7. The van der Waals surface area contributed by atoms with Gasteiger partial charge in [0.2, 0.25) is 0 Å². The van der Waals surface area contributed by atoms with Gasteiger partial charge >= 0.3 is 0 Å². The Kier molecular flexibility index (Phi) is 3.63. The number of aromatic nitrogens is 4. The molecule has 7 aromatic carbocycles. The largest absolute Gasteiger partial charge is 0.289 e. The van der Waals surface area contributed by atoms with E-state index in [1.807, 2.05) is 30.3 Å². The van der Waals surface area contributed by atoms with Crippen LogP contribution in [0, 0.1) is 0 Å². The predicted molar refractivity (Wildman–Crippen MR) is 186 cm³/mol. The average Bonchev–Trinajstić information content (AvgIpc) is 3.67. The van der Waals surface area contributed by atoms with Crippen LogP contribution < -0.4 is 32.5 Å². The van der Waals surface area contributed by atoms with E-state index in [4.69, 9.17) is 9.97 Å². The van der Waals surface area contributed by atoms with Crippen molar-refractivity contribution < 1.29 is 0 Å². The van der Waals surface area contributed by atoms with Gasteiger partial charge in [-0.15, -0.1) is 0 Å². The topological polar surface area (TPSA) is 85.8 Å². The molecule has 4 aromatic heterocycles. The summed E-state index contributed by atoms with van der Waals surface area (Å²) in [6, 6.07) is 19.2. The molecule has 11 aromatic rings. The van der Waals surface area contributed by atoms with Crippen molar-refractivity contribution >= 4 is 116 Å². The second-order valence-corrected chi connectivity index (χ2v) is 12.7. The molecule has 0 unspecified atom stereocenters. The van der Waals surface area contributed by atoms with Crippen molar-refractivity contribution in [1.82, 2.24) is 18.8 Å². The van der Waals surface area contributed by atoms with Crippen LogP contribution in [0.15, 0.2) is 75.0 Å². The van der Waals surface area contributed by atoms with Crippen molar-refractivity contribution in [3.05, 3.63) is 108 Å². The first-order valence-corrected chi connectivity index (χ1v) is 15.4. The molecule has 0 radical (unpaired) electrons.